The maximum Gasteiger partial charge on any atom is 0.242 e. The van der Waals surface area contributed by atoms with Gasteiger partial charge in [-0.1, -0.05) is 0 Å². The number of nitrogens with one attached hydrogen (secondary N) is 1. The smallest absolute Gasteiger partial charge is 0.242 e. The highest BCUT2D eigenvalue weighted by Gasteiger charge is 1.56. The Morgan fingerprint density at radius 3 is 2.25 bits per heavy atom. The topological polar surface area (TPSA) is 38.0 Å². The van der Waals surface area contributed by atoms with Crippen LogP contribution in [0.2, 0.25) is 0 Å². The summed E-state index contributed by atoms with van der Waals surface area (Å²) in [4.78, 5) is 2.74. The number of rotatable bonds is 1. The van der Waals surface area contributed by atoms with Gasteiger partial charge in [0, 0.05) is 0 Å². The lowest BCUT2D eigenvalue weighted by Gasteiger charge is -1.72. The molecule has 0 spiro atoms. The fourth-order valence-electron chi connectivity index (χ4n) is 0. The Balaban J connectivity index is 1.97. The van der Waals surface area contributed by atoms with Crippen LogP contribution < -0.4 is 10.4 Å². The zero-order chi connectivity index (χ0) is 3.41. The normalized spacial score (nSPS) is 7.50. The molecule has 0 bridgehead atoms. The summed E-state index contributed by atoms with van der Waals surface area (Å²) in [6, 6.07) is 0. The van der Waals surface area contributed by atoms with Crippen molar-refractivity contribution in [3.05, 3.63) is 0 Å². The minimum absolute atomic E-state index is 0.390. The SMILES string of the molecule is CN[Si]N. The van der Waals surface area contributed by atoms with Crippen molar-refractivity contribution in [1.29, 1.82) is 0 Å². The van der Waals surface area contributed by atoms with Crippen molar-refractivity contribution in [2.75, 3.05) is 7.05 Å². The monoisotopic (exact) mass is 74.0 g/mol. The van der Waals surface area contributed by atoms with Gasteiger partial charge in [-0.25, -0.2) is 0 Å². The lowest BCUT2D eigenvalue weighted by molar-refractivity contribution is 1.23. The zero-order valence-corrected chi connectivity index (χ0v) is 3.58. The Labute approximate surface area is 28.4 Å². The van der Waals surface area contributed by atoms with E-state index in [0.717, 1.165) is 0 Å². The van der Waals surface area contributed by atoms with E-state index in [9.17, 15) is 0 Å². The van der Waals surface area contributed by atoms with Crippen molar-refractivity contribution in [3.8, 4) is 0 Å². The van der Waals surface area contributed by atoms with E-state index in [1.165, 1.54) is 0 Å². The molecular weight excluding hydrogens is 68.1 g/mol. The van der Waals surface area contributed by atoms with E-state index in [2.05, 4.69) is 4.98 Å². The van der Waals surface area contributed by atoms with Gasteiger partial charge in [0.2, 0.25) is 9.84 Å². The summed E-state index contributed by atoms with van der Waals surface area (Å²) in [6.07, 6.45) is 0. The first-order valence-electron chi connectivity index (χ1n) is 1.04. The first kappa shape index (κ1) is 4.14. The van der Waals surface area contributed by atoms with Gasteiger partial charge in [-0.3, -0.25) is 0 Å². The van der Waals surface area contributed by atoms with Crippen LogP contribution in [-0.4, -0.2) is 16.9 Å². The second-order valence-corrected chi connectivity index (χ2v) is 1.18. The molecule has 2 nitrogen and oxygen atoms in total. The van der Waals surface area contributed by atoms with E-state index in [1.54, 1.807) is 0 Å². The molecule has 3 N–H and O–H groups in total. The summed E-state index contributed by atoms with van der Waals surface area (Å²) >= 11 is 0. The number of hydrogen-bond donors (Lipinski definition) is 2. The lowest BCUT2D eigenvalue weighted by Crippen LogP contribution is -2.21. The van der Waals surface area contributed by atoms with E-state index in [4.69, 9.17) is 5.40 Å². The molecule has 0 atom stereocenters. The average Bonchev–Trinajstić information content (AvgIpc) is 1.37. The molecule has 0 aromatic carbocycles. The molecular formula is CH6N2Si. The Bertz CT molecular complexity index is 8.00. The van der Waals surface area contributed by atoms with Gasteiger partial charge in [-0.05, 0) is 7.05 Å². The molecule has 0 aliphatic carbocycles. The van der Waals surface area contributed by atoms with Crippen LogP contribution in [0.25, 0.3) is 0 Å². The summed E-state index contributed by atoms with van der Waals surface area (Å²) in [7, 11) is 2.21. The largest absolute Gasteiger partial charge is 0.339 e. The van der Waals surface area contributed by atoms with Crippen LogP contribution in [0.3, 0.4) is 0 Å². The van der Waals surface area contributed by atoms with Crippen LogP contribution in [0, 0.1) is 0 Å². The van der Waals surface area contributed by atoms with Crippen LogP contribution in [0.15, 0.2) is 0 Å². The van der Waals surface area contributed by atoms with Crippen LogP contribution >= 0.6 is 0 Å². The quantitative estimate of drug-likeness (QED) is 0.379. The third-order valence-corrected chi connectivity index (χ3v) is 0.433. The third kappa shape index (κ3) is 2.14. The van der Waals surface area contributed by atoms with E-state index in [1.807, 2.05) is 7.05 Å². The second kappa shape index (κ2) is 3.14. The molecule has 0 aromatic heterocycles. The summed E-state index contributed by atoms with van der Waals surface area (Å²) in [5.41, 5.74) is 0. The Hall–Kier alpha value is 0.137. The van der Waals surface area contributed by atoms with Gasteiger partial charge in [0.25, 0.3) is 0 Å². The molecule has 0 aromatic rings. The molecule has 0 fully saturated rings. The van der Waals surface area contributed by atoms with Gasteiger partial charge in [0.15, 0.2) is 0 Å². The van der Waals surface area contributed by atoms with Crippen molar-refractivity contribution >= 4 is 9.84 Å². The van der Waals surface area contributed by atoms with Gasteiger partial charge in [0.1, 0.15) is 0 Å². The average molecular weight is 74.2 g/mol. The van der Waals surface area contributed by atoms with E-state index >= 15 is 0 Å². The first-order valence-corrected chi connectivity index (χ1v) is 2.12. The molecule has 0 amide bonds. The first-order chi connectivity index (χ1) is 1.91. The fraction of sp³-hybridized carbons (Fsp3) is 1.00. The number of hydrogen-bond acceptors (Lipinski definition) is 2. The zero-order valence-electron chi connectivity index (χ0n) is 2.58. The van der Waals surface area contributed by atoms with Crippen LogP contribution in [0.5, 0.6) is 0 Å². The Morgan fingerprint density at radius 2 is 2.25 bits per heavy atom. The maximum absolute atomic E-state index is 4.94. The molecule has 0 saturated heterocycles. The molecule has 0 aliphatic rings. The highest BCUT2D eigenvalue weighted by atomic mass is 28.2. The highest BCUT2D eigenvalue weighted by molar-refractivity contribution is 6.27. The van der Waals surface area contributed by atoms with E-state index in [0.29, 0.717) is 9.84 Å². The summed E-state index contributed by atoms with van der Waals surface area (Å²) < 4.78 is 0. The highest BCUT2D eigenvalue weighted by Crippen LogP contribution is 1.08. The van der Waals surface area contributed by atoms with Crippen LogP contribution in [0.1, 0.15) is 0 Å². The molecule has 24 valence electrons. The predicted octanol–water partition coefficient (Wildman–Crippen LogP) is -1.30. The molecule has 0 saturated carbocycles. The molecule has 0 aliphatic heterocycles. The van der Waals surface area contributed by atoms with Crippen LogP contribution in [-0.2, 0) is 0 Å². The molecule has 2 radical (unpaired) electrons. The van der Waals surface area contributed by atoms with Crippen molar-refractivity contribution in [2.24, 2.45) is 5.40 Å². The lowest BCUT2D eigenvalue weighted by atomic mass is 11.6. The van der Waals surface area contributed by atoms with Gasteiger partial charge in [-0.2, -0.15) is 0 Å². The van der Waals surface area contributed by atoms with Gasteiger partial charge in [0.05, 0.1) is 0 Å². The minimum atomic E-state index is 0.390. The Morgan fingerprint density at radius 1 is 2.00 bits per heavy atom. The summed E-state index contributed by atoms with van der Waals surface area (Å²) in [5, 5.41) is 4.94. The van der Waals surface area contributed by atoms with Gasteiger partial charge in [-0.15, -0.1) is 0 Å². The molecule has 4 heavy (non-hydrogen) atoms. The predicted molar refractivity (Wildman–Crippen MR) is 19.0 cm³/mol. The van der Waals surface area contributed by atoms with Crippen molar-refractivity contribution in [2.45, 2.75) is 0 Å². The van der Waals surface area contributed by atoms with Crippen molar-refractivity contribution in [3.63, 3.8) is 0 Å². The minimum Gasteiger partial charge on any atom is -0.339 e. The summed E-state index contributed by atoms with van der Waals surface area (Å²) in [6.45, 7) is 0. The van der Waals surface area contributed by atoms with Crippen molar-refractivity contribution in [1.82, 2.24) is 4.98 Å². The fourth-order valence-corrected chi connectivity index (χ4v) is 0. The molecule has 0 rings (SSSR count). The number of nitrogens with two attached hydrogens (primary N) is 1. The summed E-state index contributed by atoms with van der Waals surface area (Å²) in [5.74, 6) is 0. The Kier molecular flexibility index (Phi) is 3.24. The standard InChI is InChI=1S/CH6N2Si/c1-3-4-2/h3H,2H2,1H3. The molecule has 0 unspecified atom stereocenters. The van der Waals surface area contributed by atoms with E-state index < -0.39 is 0 Å². The molecule has 3 heteroatoms. The van der Waals surface area contributed by atoms with Gasteiger partial charge < -0.3 is 10.4 Å². The third-order valence-electron chi connectivity index (χ3n) is 0.144. The second-order valence-electron chi connectivity index (χ2n) is 0.394. The van der Waals surface area contributed by atoms with E-state index in [-0.39, 0.29) is 0 Å². The molecule has 0 heterocycles. The maximum atomic E-state index is 4.94. The van der Waals surface area contributed by atoms with Crippen LogP contribution in [0.4, 0.5) is 0 Å². The van der Waals surface area contributed by atoms with Gasteiger partial charge >= 0.3 is 0 Å². The van der Waals surface area contributed by atoms with Crippen molar-refractivity contribution < 1.29 is 0 Å².